The molecule has 0 saturated carbocycles. The van der Waals surface area contributed by atoms with Crippen LogP contribution in [0, 0.1) is 0 Å². The van der Waals surface area contributed by atoms with Gasteiger partial charge >= 0.3 is 11.9 Å². The first-order valence-electron chi connectivity index (χ1n) is 6.94. The minimum atomic E-state index is -4.41. The van der Waals surface area contributed by atoms with Gasteiger partial charge in [0.15, 0.2) is 0 Å². The number of imidazole rings is 1. The number of likely N-dealkylation sites (N-methyl/N-ethyl adjacent to an activating group) is 1. The number of halogens is 3. The second kappa shape index (κ2) is 4.91. The number of hydrogen-bond donors (Lipinski definition) is 1. The van der Waals surface area contributed by atoms with Crippen LogP contribution in [0.1, 0.15) is 24.9 Å². The van der Waals surface area contributed by atoms with Crippen LogP contribution in [0.15, 0.2) is 23.0 Å². The van der Waals surface area contributed by atoms with Crippen LogP contribution in [0.4, 0.5) is 13.2 Å². The number of nitrogens with zero attached hydrogens (tertiary/aromatic N) is 2. The lowest BCUT2D eigenvalue weighted by molar-refractivity contribution is -0.137. The van der Waals surface area contributed by atoms with E-state index in [9.17, 15) is 18.0 Å². The number of aromatic amines is 1. The van der Waals surface area contributed by atoms with Gasteiger partial charge in [0, 0.05) is 13.1 Å². The van der Waals surface area contributed by atoms with E-state index in [1.807, 2.05) is 6.92 Å². The van der Waals surface area contributed by atoms with Crippen LogP contribution < -0.4 is 5.69 Å². The smallest absolute Gasteiger partial charge is 0.306 e. The van der Waals surface area contributed by atoms with Gasteiger partial charge in [-0.15, -0.1) is 0 Å². The molecular formula is C14H16F3N3O. The average Bonchev–Trinajstić information content (AvgIpc) is 2.99. The van der Waals surface area contributed by atoms with Gasteiger partial charge in [0.25, 0.3) is 0 Å². The summed E-state index contributed by atoms with van der Waals surface area (Å²) in [6, 6.07) is 3.30. The molecule has 2 heterocycles. The van der Waals surface area contributed by atoms with Crippen molar-refractivity contribution in [3.05, 3.63) is 34.2 Å². The first-order chi connectivity index (χ1) is 9.90. The van der Waals surface area contributed by atoms with Crippen molar-refractivity contribution >= 4 is 11.0 Å². The highest BCUT2D eigenvalue weighted by atomic mass is 19.4. The lowest BCUT2D eigenvalue weighted by Gasteiger charge is -2.15. The molecule has 0 amide bonds. The highest BCUT2D eigenvalue weighted by molar-refractivity contribution is 5.76. The Labute approximate surface area is 119 Å². The van der Waals surface area contributed by atoms with E-state index in [0.717, 1.165) is 31.6 Å². The molecule has 1 aliphatic heterocycles. The quantitative estimate of drug-likeness (QED) is 0.926. The molecule has 0 radical (unpaired) electrons. The fraction of sp³-hybridized carbons (Fsp3) is 0.500. The van der Waals surface area contributed by atoms with E-state index in [2.05, 4.69) is 9.88 Å². The van der Waals surface area contributed by atoms with Gasteiger partial charge in [-0.25, -0.2) is 4.79 Å². The Hall–Kier alpha value is -1.76. The van der Waals surface area contributed by atoms with Crippen molar-refractivity contribution in [2.45, 2.75) is 25.6 Å². The number of fused-ring (bicyclic) bond motifs is 1. The predicted molar refractivity (Wildman–Crippen MR) is 73.3 cm³/mol. The van der Waals surface area contributed by atoms with Crippen LogP contribution in [-0.2, 0) is 6.18 Å². The molecule has 4 nitrogen and oxygen atoms in total. The van der Waals surface area contributed by atoms with E-state index in [4.69, 9.17) is 0 Å². The van der Waals surface area contributed by atoms with E-state index in [0.29, 0.717) is 17.6 Å². The summed E-state index contributed by atoms with van der Waals surface area (Å²) >= 11 is 0. The van der Waals surface area contributed by atoms with Crippen molar-refractivity contribution in [3.8, 4) is 0 Å². The molecule has 0 aliphatic carbocycles. The van der Waals surface area contributed by atoms with Gasteiger partial charge in [-0.05, 0) is 31.2 Å². The molecule has 1 aliphatic rings. The molecule has 1 unspecified atom stereocenters. The summed E-state index contributed by atoms with van der Waals surface area (Å²) in [4.78, 5) is 16.9. The number of rotatable bonds is 2. The Balaban J connectivity index is 2.09. The molecule has 7 heteroatoms. The first-order valence-corrected chi connectivity index (χ1v) is 6.94. The van der Waals surface area contributed by atoms with E-state index in [1.165, 1.54) is 10.6 Å². The Morgan fingerprint density at radius 2 is 2.14 bits per heavy atom. The minimum absolute atomic E-state index is 0.0744. The monoisotopic (exact) mass is 299 g/mol. The van der Waals surface area contributed by atoms with Gasteiger partial charge in [0.1, 0.15) is 0 Å². The molecule has 21 heavy (non-hydrogen) atoms. The summed E-state index contributed by atoms with van der Waals surface area (Å²) in [6.07, 6.45) is -3.63. The van der Waals surface area contributed by atoms with E-state index >= 15 is 0 Å². The zero-order valence-corrected chi connectivity index (χ0v) is 11.6. The molecule has 0 bridgehead atoms. The molecule has 1 N–H and O–H groups in total. The zero-order valence-electron chi connectivity index (χ0n) is 11.6. The summed E-state index contributed by atoms with van der Waals surface area (Å²) in [6.45, 7) is 4.46. The summed E-state index contributed by atoms with van der Waals surface area (Å²) in [5.74, 6) is 0. The zero-order chi connectivity index (χ0) is 15.2. The number of benzene rings is 1. The van der Waals surface area contributed by atoms with Crippen molar-refractivity contribution < 1.29 is 13.2 Å². The van der Waals surface area contributed by atoms with E-state index in [-0.39, 0.29) is 11.7 Å². The number of alkyl halides is 3. The van der Waals surface area contributed by atoms with Crippen LogP contribution in [0.5, 0.6) is 0 Å². The maximum atomic E-state index is 12.8. The maximum Gasteiger partial charge on any atom is 0.416 e. The summed E-state index contributed by atoms with van der Waals surface area (Å²) in [5.41, 5.74) is -0.291. The highest BCUT2D eigenvalue weighted by Gasteiger charge is 2.32. The largest absolute Gasteiger partial charge is 0.416 e. The minimum Gasteiger partial charge on any atom is -0.306 e. The fourth-order valence-corrected chi connectivity index (χ4v) is 2.97. The second-order valence-corrected chi connectivity index (χ2v) is 5.37. The van der Waals surface area contributed by atoms with Crippen LogP contribution in [0.3, 0.4) is 0 Å². The number of nitrogens with one attached hydrogen (secondary N) is 1. The second-order valence-electron chi connectivity index (χ2n) is 5.37. The molecule has 2 aromatic rings. The SMILES string of the molecule is CCN1CCC(n2c(=O)[nH]c3ccc(C(F)(F)F)cc32)C1. The molecule has 1 aromatic heterocycles. The van der Waals surface area contributed by atoms with Crippen molar-refractivity contribution in [2.24, 2.45) is 0 Å². The standard InChI is InChI=1S/C14H16F3N3O/c1-2-19-6-5-10(8-19)20-12-7-9(14(15,16)17)3-4-11(12)18-13(20)21/h3-4,7,10H,2,5-6,8H2,1H3,(H,18,21). The van der Waals surface area contributed by atoms with Gasteiger partial charge < -0.3 is 9.88 Å². The van der Waals surface area contributed by atoms with Crippen molar-refractivity contribution in [3.63, 3.8) is 0 Å². The molecule has 1 aromatic carbocycles. The van der Waals surface area contributed by atoms with Crippen LogP contribution in [-0.4, -0.2) is 34.1 Å². The molecule has 114 valence electrons. The van der Waals surface area contributed by atoms with Crippen molar-refractivity contribution in [1.29, 1.82) is 0 Å². The lowest BCUT2D eigenvalue weighted by atomic mass is 10.1. The van der Waals surface area contributed by atoms with Crippen LogP contribution in [0.25, 0.3) is 11.0 Å². The first kappa shape index (κ1) is 14.2. The molecule has 3 rings (SSSR count). The van der Waals surface area contributed by atoms with Crippen molar-refractivity contribution in [2.75, 3.05) is 19.6 Å². The predicted octanol–water partition coefficient (Wildman–Crippen LogP) is 2.62. The Bertz CT molecular complexity index is 716. The van der Waals surface area contributed by atoms with E-state index in [1.54, 1.807) is 0 Å². The fourth-order valence-electron chi connectivity index (χ4n) is 2.97. The number of likely N-dealkylation sites (tertiary alicyclic amines) is 1. The Morgan fingerprint density at radius 1 is 1.38 bits per heavy atom. The Kier molecular flexibility index (Phi) is 3.32. The molecular weight excluding hydrogens is 283 g/mol. The van der Waals surface area contributed by atoms with Crippen LogP contribution >= 0.6 is 0 Å². The topological polar surface area (TPSA) is 41.0 Å². The lowest BCUT2D eigenvalue weighted by Crippen LogP contribution is -2.26. The van der Waals surface area contributed by atoms with Gasteiger partial charge in [-0.1, -0.05) is 6.92 Å². The third-order valence-electron chi connectivity index (χ3n) is 4.10. The Morgan fingerprint density at radius 3 is 2.76 bits per heavy atom. The summed E-state index contributed by atoms with van der Waals surface area (Å²) < 4.78 is 40.0. The van der Waals surface area contributed by atoms with Gasteiger partial charge in [-0.2, -0.15) is 13.2 Å². The van der Waals surface area contributed by atoms with Gasteiger partial charge in [0.2, 0.25) is 0 Å². The molecule has 1 atom stereocenters. The number of hydrogen-bond acceptors (Lipinski definition) is 2. The normalized spacial score (nSPS) is 20.5. The molecule has 1 saturated heterocycles. The third-order valence-corrected chi connectivity index (χ3v) is 4.10. The van der Waals surface area contributed by atoms with Gasteiger partial charge in [0.05, 0.1) is 22.6 Å². The highest BCUT2D eigenvalue weighted by Crippen LogP contribution is 2.32. The number of H-pyrrole nitrogens is 1. The van der Waals surface area contributed by atoms with Crippen molar-refractivity contribution in [1.82, 2.24) is 14.5 Å². The number of aromatic nitrogens is 2. The summed E-state index contributed by atoms with van der Waals surface area (Å²) in [5, 5.41) is 0. The summed E-state index contributed by atoms with van der Waals surface area (Å²) in [7, 11) is 0. The van der Waals surface area contributed by atoms with E-state index < -0.39 is 11.7 Å². The van der Waals surface area contributed by atoms with Gasteiger partial charge in [-0.3, -0.25) is 4.57 Å². The molecule has 1 fully saturated rings. The molecule has 0 spiro atoms. The van der Waals surface area contributed by atoms with Crippen LogP contribution in [0.2, 0.25) is 0 Å². The third kappa shape index (κ3) is 2.46. The average molecular weight is 299 g/mol. The maximum absolute atomic E-state index is 12.8.